The molecule has 23 heavy (non-hydrogen) atoms. The third-order valence-electron chi connectivity index (χ3n) is 4.05. The van der Waals surface area contributed by atoms with Gasteiger partial charge in [0.05, 0.1) is 5.52 Å². The van der Waals surface area contributed by atoms with Crippen LogP contribution in [0.1, 0.15) is 53.0 Å². The van der Waals surface area contributed by atoms with Crippen LogP contribution in [-0.2, 0) is 0 Å². The molecule has 1 aliphatic rings. The monoisotopic (exact) mass is 308 g/mol. The summed E-state index contributed by atoms with van der Waals surface area (Å²) in [6.45, 7) is 0. The summed E-state index contributed by atoms with van der Waals surface area (Å²) in [6.07, 6.45) is 14.4. The van der Waals surface area contributed by atoms with Crippen LogP contribution < -0.4 is 5.32 Å². The number of para-hydroxylation sites is 1. The smallest absolute Gasteiger partial charge is 0.270 e. The highest BCUT2D eigenvalue weighted by Crippen LogP contribution is 2.19. The molecule has 1 aromatic heterocycles. The lowest BCUT2D eigenvalue weighted by Gasteiger charge is -2.22. The van der Waals surface area contributed by atoms with Crippen molar-refractivity contribution in [2.24, 2.45) is 0 Å². The van der Waals surface area contributed by atoms with Crippen LogP contribution >= 0.6 is 0 Å². The van der Waals surface area contributed by atoms with Crippen LogP contribution in [0.2, 0.25) is 0 Å². The number of aromatic nitrogens is 1. The van der Waals surface area contributed by atoms with E-state index in [2.05, 4.69) is 23.1 Å². The van der Waals surface area contributed by atoms with Crippen molar-refractivity contribution in [3.05, 3.63) is 41.6 Å². The van der Waals surface area contributed by atoms with Gasteiger partial charge in [0, 0.05) is 17.0 Å². The van der Waals surface area contributed by atoms with Crippen LogP contribution in [-0.4, -0.2) is 23.2 Å². The molecule has 1 heterocycles. The number of nitrogens with one attached hydrogen (secondary N) is 1. The van der Waals surface area contributed by atoms with E-state index in [-0.39, 0.29) is 11.9 Å². The fourth-order valence-electron chi connectivity index (χ4n) is 2.92. The lowest BCUT2D eigenvalue weighted by atomic mass is 9.95. The predicted molar refractivity (Wildman–Crippen MR) is 91.4 cm³/mol. The molecule has 2 aromatic rings. The Bertz CT molecular complexity index is 716. The second-order valence-electron chi connectivity index (χ2n) is 5.54. The number of rotatable bonds is 3. The van der Waals surface area contributed by atoms with Crippen molar-refractivity contribution in [1.29, 1.82) is 0 Å². The molecule has 0 unspecified atom stereocenters. The van der Waals surface area contributed by atoms with Crippen LogP contribution in [0.4, 0.5) is 0 Å². The molecule has 0 bridgehead atoms. The maximum Gasteiger partial charge on any atom is 0.270 e. The van der Waals surface area contributed by atoms with E-state index in [1.54, 1.807) is 6.07 Å². The largest absolute Gasteiger partial charge is 0.348 e. The van der Waals surface area contributed by atoms with Gasteiger partial charge < -0.3 is 5.32 Å². The van der Waals surface area contributed by atoms with E-state index in [1.807, 2.05) is 24.3 Å². The Balaban J connectivity index is 0.000000924. The molecule has 1 aromatic carbocycles. The van der Waals surface area contributed by atoms with E-state index in [0.717, 1.165) is 37.4 Å². The maximum atomic E-state index is 12.3. The van der Waals surface area contributed by atoms with Crippen molar-refractivity contribution >= 4 is 23.1 Å². The van der Waals surface area contributed by atoms with Gasteiger partial charge in [-0.05, 0) is 25.0 Å². The van der Waals surface area contributed by atoms with Gasteiger partial charge in [0.25, 0.3) is 5.91 Å². The lowest BCUT2D eigenvalue weighted by molar-refractivity contribution is 0.0923. The Kier molecular flexibility index (Phi) is 5.87. The Morgan fingerprint density at radius 1 is 1.17 bits per heavy atom. The number of pyridine rings is 1. The number of carbonyl (C=O) groups is 2. The van der Waals surface area contributed by atoms with Gasteiger partial charge in [-0.1, -0.05) is 37.5 Å². The normalized spacial score (nSPS) is 14.5. The fourth-order valence-corrected chi connectivity index (χ4v) is 2.92. The molecule has 1 fully saturated rings. The molecule has 3 rings (SSSR count). The zero-order valence-corrected chi connectivity index (χ0v) is 13.0. The van der Waals surface area contributed by atoms with Crippen LogP contribution in [0, 0.1) is 12.8 Å². The number of hydrogen-bond acceptors (Lipinski definition) is 3. The Labute approximate surface area is 136 Å². The highest BCUT2D eigenvalue weighted by atomic mass is 16.2. The molecule has 1 amide bonds. The number of terminal acetylenes is 1. The van der Waals surface area contributed by atoms with Crippen LogP contribution in [0.5, 0.6) is 0 Å². The molecule has 1 N–H and O–H groups in total. The van der Waals surface area contributed by atoms with Gasteiger partial charge in [0.2, 0.25) is 0 Å². The summed E-state index contributed by atoms with van der Waals surface area (Å²) in [6, 6.07) is 9.19. The van der Waals surface area contributed by atoms with E-state index in [9.17, 15) is 9.59 Å². The molecule has 4 nitrogen and oxygen atoms in total. The van der Waals surface area contributed by atoms with E-state index in [4.69, 9.17) is 0 Å². The number of nitrogens with zero attached hydrogens (tertiary/aromatic N) is 1. The first kappa shape index (κ1) is 16.7. The molecule has 0 spiro atoms. The van der Waals surface area contributed by atoms with Crippen molar-refractivity contribution in [2.75, 3.05) is 0 Å². The van der Waals surface area contributed by atoms with E-state index < -0.39 is 0 Å². The zero-order valence-electron chi connectivity index (χ0n) is 13.0. The summed E-state index contributed by atoms with van der Waals surface area (Å²) < 4.78 is 0. The molecular weight excluding hydrogens is 288 g/mol. The summed E-state index contributed by atoms with van der Waals surface area (Å²) in [4.78, 5) is 27.9. The van der Waals surface area contributed by atoms with E-state index in [1.165, 1.54) is 6.42 Å². The predicted octanol–water partition coefficient (Wildman–Crippen LogP) is 3.36. The first-order chi connectivity index (χ1) is 11.3. The number of carbonyl (C=O) groups excluding carboxylic acids is 2. The number of hydrogen-bond donors (Lipinski definition) is 1. The highest BCUT2D eigenvalue weighted by Gasteiger charge is 2.18. The SMILES string of the molecule is C#C.O=Cc1cc(C(=O)NC2CCCCC2)nc2ccccc12. The Hall–Kier alpha value is -2.67. The first-order valence-electron chi connectivity index (χ1n) is 7.77. The van der Waals surface area contributed by atoms with Crippen molar-refractivity contribution in [3.8, 4) is 12.8 Å². The Morgan fingerprint density at radius 2 is 1.87 bits per heavy atom. The van der Waals surface area contributed by atoms with Crippen LogP contribution in [0.3, 0.4) is 0 Å². The molecule has 0 atom stereocenters. The Morgan fingerprint density at radius 3 is 2.57 bits per heavy atom. The molecule has 0 radical (unpaired) electrons. The number of amides is 1. The summed E-state index contributed by atoms with van der Waals surface area (Å²) in [5.74, 6) is -0.184. The molecule has 1 aliphatic carbocycles. The zero-order chi connectivity index (χ0) is 16.7. The molecule has 0 saturated heterocycles. The van der Waals surface area contributed by atoms with Gasteiger partial charge in [0.1, 0.15) is 5.69 Å². The highest BCUT2D eigenvalue weighted by molar-refractivity contribution is 6.01. The van der Waals surface area contributed by atoms with Crippen LogP contribution in [0.15, 0.2) is 30.3 Å². The molecule has 118 valence electrons. The van der Waals surface area contributed by atoms with E-state index in [0.29, 0.717) is 16.8 Å². The molecular formula is C19H20N2O2. The summed E-state index contributed by atoms with van der Waals surface area (Å²) in [5, 5.41) is 3.81. The van der Waals surface area contributed by atoms with Crippen molar-refractivity contribution in [3.63, 3.8) is 0 Å². The van der Waals surface area contributed by atoms with E-state index >= 15 is 0 Å². The topological polar surface area (TPSA) is 59.1 Å². The summed E-state index contributed by atoms with van der Waals surface area (Å²) in [7, 11) is 0. The van der Waals surface area contributed by atoms with Gasteiger partial charge >= 0.3 is 0 Å². The summed E-state index contributed by atoms with van der Waals surface area (Å²) >= 11 is 0. The maximum absolute atomic E-state index is 12.3. The van der Waals surface area contributed by atoms with Gasteiger partial charge in [-0.25, -0.2) is 4.98 Å². The van der Waals surface area contributed by atoms with Crippen molar-refractivity contribution in [2.45, 2.75) is 38.1 Å². The van der Waals surface area contributed by atoms with Crippen molar-refractivity contribution in [1.82, 2.24) is 10.3 Å². The minimum atomic E-state index is -0.184. The first-order valence-corrected chi connectivity index (χ1v) is 7.77. The average molecular weight is 308 g/mol. The molecule has 1 saturated carbocycles. The minimum Gasteiger partial charge on any atom is -0.348 e. The number of benzene rings is 1. The van der Waals surface area contributed by atoms with Gasteiger partial charge in [-0.15, -0.1) is 12.8 Å². The third-order valence-corrected chi connectivity index (χ3v) is 4.05. The third kappa shape index (κ3) is 3.95. The lowest BCUT2D eigenvalue weighted by Crippen LogP contribution is -2.36. The average Bonchev–Trinajstić information content (AvgIpc) is 2.63. The van der Waals surface area contributed by atoms with Crippen LogP contribution in [0.25, 0.3) is 10.9 Å². The van der Waals surface area contributed by atoms with Crippen molar-refractivity contribution < 1.29 is 9.59 Å². The number of fused-ring (bicyclic) bond motifs is 1. The van der Waals surface area contributed by atoms with Gasteiger partial charge in [-0.2, -0.15) is 0 Å². The fraction of sp³-hybridized carbons (Fsp3) is 0.316. The second-order valence-corrected chi connectivity index (χ2v) is 5.54. The van der Waals surface area contributed by atoms with Gasteiger partial charge in [0.15, 0.2) is 6.29 Å². The minimum absolute atomic E-state index is 0.184. The molecule has 0 aliphatic heterocycles. The molecule has 4 heteroatoms. The summed E-state index contributed by atoms with van der Waals surface area (Å²) in [5.41, 5.74) is 1.51. The quantitative estimate of drug-likeness (QED) is 0.698. The van der Waals surface area contributed by atoms with Gasteiger partial charge in [-0.3, -0.25) is 9.59 Å². The second kappa shape index (κ2) is 8.09. The standard InChI is InChI=1S/C17H18N2O2.C2H2/c20-11-12-10-16(19-15-9-5-4-8-14(12)15)17(21)18-13-6-2-1-3-7-13;1-2/h4-5,8-11,13H,1-3,6-7H2,(H,18,21);1-2H. The number of aldehydes is 1.